The first-order valence-corrected chi connectivity index (χ1v) is 11.9. The molecule has 6 nitrogen and oxygen atoms in total. The number of benzene rings is 2. The Labute approximate surface area is 192 Å². The first-order chi connectivity index (χ1) is 15.2. The van der Waals surface area contributed by atoms with Gasteiger partial charge in [-0.05, 0) is 42.2 Å². The number of nitrogens with zero attached hydrogens (tertiary/aromatic N) is 3. The second-order valence-electron chi connectivity index (χ2n) is 8.29. The third-order valence-electron chi connectivity index (χ3n) is 4.99. The van der Waals surface area contributed by atoms with Crippen LogP contribution in [0.1, 0.15) is 45.9 Å². The summed E-state index contributed by atoms with van der Waals surface area (Å²) >= 11 is 0. The van der Waals surface area contributed by atoms with E-state index in [0.29, 0.717) is 16.2 Å². The molecule has 2 aromatic heterocycles. The van der Waals surface area contributed by atoms with Gasteiger partial charge in [-0.25, -0.2) is 8.89 Å². The van der Waals surface area contributed by atoms with Crippen LogP contribution >= 0.6 is 0 Å². The summed E-state index contributed by atoms with van der Waals surface area (Å²) in [6, 6.07) is 19.0. The Hall–Kier alpha value is -3.19. The number of nitrogens with one attached hydrogen (secondary N) is 1. The van der Waals surface area contributed by atoms with E-state index in [9.17, 15) is 9.42 Å². The third kappa shape index (κ3) is 4.83. The van der Waals surface area contributed by atoms with Crippen molar-refractivity contribution in [3.63, 3.8) is 0 Å². The molecule has 2 heterocycles. The Morgan fingerprint density at radius 2 is 1.72 bits per heavy atom. The predicted molar refractivity (Wildman–Crippen MR) is 130 cm³/mol. The maximum atomic E-state index is 13.0. The van der Waals surface area contributed by atoms with Crippen molar-refractivity contribution in [2.75, 3.05) is 4.72 Å². The smallest absolute Gasteiger partial charge is 0.266 e. The van der Waals surface area contributed by atoms with Crippen molar-refractivity contribution in [3.8, 4) is 5.69 Å². The van der Waals surface area contributed by atoms with Gasteiger partial charge < -0.3 is 0 Å². The number of hydrogen-bond donors (Lipinski definition) is 2. The molecular formula is C25H31N4O2S+. The van der Waals surface area contributed by atoms with Crippen LogP contribution in [0, 0.1) is 6.92 Å². The SMILES string of the molecule is CC.Cc1cc(NS(=O)c2ccc(C(C)(C)C)cc2)n(-c2cccc3c2ccc[n+]3O)n1. The van der Waals surface area contributed by atoms with Crippen LogP contribution in [-0.2, 0) is 16.4 Å². The number of hydrogen-bond acceptors (Lipinski definition) is 3. The number of aryl methyl sites for hydroxylation is 1. The topological polar surface area (TPSA) is 71.0 Å². The molecular weight excluding hydrogens is 420 g/mol. The van der Waals surface area contributed by atoms with Crippen LogP contribution in [0.2, 0.25) is 0 Å². The highest BCUT2D eigenvalue weighted by Gasteiger charge is 2.18. The van der Waals surface area contributed by atoms with E-state index in [-0.39, 0.29) is 5.41 Å². The quantitative estimate of drug-likeness (QED) is 0.326. The Morgan fingerprint density at radius 1 is 1.03 bits per heavy atom. The van der Waals surface area contributed by atoms with Crippen LogP contribution in [0.4, 0.5) is 5.82 Å². The standard InChI is InChI=1S/C23H25N4O2S.C2H6/c1-16-15-22(25-30(29)18-12-10-17(11-13-18)23(2,3)4)27(24-16)21-9-5-8-20-19(21)7-6-14-26(20)28;1-2/h5-15,25,28H,1-4H3;1-2H3/q+1;. The molecule has 0 bridgehead atoms. The van der Waals surface area contributed by atoms with Crippen LogP contribution in [0.25, 0.3) is 16.6 Å². The molecule has 0 spiro atoms. The van der Waals surface area contributed by atoms with Crippen molar-refractivity contribution in [2.24, 2.45) is 0 Å². The molecule has 0 aliphatic heterocycles. The van der Waals surface area contributed by atoms with Crippen molar-refractivity contribution < 1.29 is 14.1 Å². The summed E-state index contributed by atoms with van der Waals surface area (Å²) in [5, 5.41) is 15.5. The van der Waals surface area contributed by atoms with Gasteiger partial charge in [0.05, 0.1) is 21.7 Å². The zero-order valence-electron chi connectivity index (χ0n) is 19.5. The van der Waals surface area contributed by atoms with E-state index in [1.807, 2.05) is 75.4 Å². The molecule has 1 unspecified atom stereocenters. The van der Waals surface area contributed by atoms with Crippen LogP contribution in [0.15, 0.2) is 71.8 Å². The van der Waals surface area contributed by atoms with Crippen LogP contribution in [-0.4, -0.2) is 19.2 Å². The maximum absolute atomic E-state index is 13.0. The fourth-order valence-electron chi connectivity index (χ4n) is 3.39. The van der Waals surface area contributed by atoms with Crippen LogP contribution in [0.3, 0.4) is 0 Å². The first kappa shape index (κ1) is 23.5. The normalized spacial score (nSPS) is 12.2. The summed E-state index contributed by atoms with van der Waals surface area (Å²) in [6.45, 7) is 12.3. The number of rotatable bonds is 4. The van der Waals surface area contributed by atoms with Crippen molar-refractivity contribution in [3.05, 3.63) is 78.1 Å². The molecule has 0 saturated carbocycles. The Bertz CT molecular complexity index is 1240. The second-order valence-corrected chi connectivity index (χ2v) is 9.50. The van der Waals surface area contributed by atoms with E-state index in [2.05, 4.69) is 30.6 Å². The van der Waals surface area contributed by atoms with Gasteiger partial charge in [-0.2, -0.15) is 5.10 Å². The highest BCUT2D eigenvalue weighted by molar-refractivity contribution is 7.86. The molecule has 1 atom stereocenters. The van der Waals surface area contributed by atoms with Gasteiger partial charge in [0.1, 0.15) is 5.82 Å². The van der Waals surface area contributed by atoms with Crippen molar-refractivity contribution in [1.29, 1.82) is 0 Å². The number of aromatic nitrogens is 3. The summed E-state index contributed by atoms with van der Waals surface area (Å²) in [7, 11) is -1.44. The lowest BCUT2D eigenvalue weighted by Gasteiger charge is -2.19. The van der Waals surface area contributed by atoms with Gasteiger partial charge in [0.25, 0.3) is 5.52 Å². The minimum atomic E-state index is -1.44. The Morgan fingerprint density at radius 3 is 2.38 bits per heavy atom. The molecule has 7 heteroatoms. The Kier molecular flexibility index (Phi) is 6.99. The monoisotopic (exact) mass is 451 g/mol. The predicted octanol–water partition coefficient (Wildman–Crippen LogP) is 5.32. The number of fused-ring (bicyclic) bond motifs is 1. The highest BCUT2D eigenvalue weighted by Crippen LogP contribution is 2.26. The molecule has 168 valence electrons. The highest BCUT2D eigenvalue weighted by atomic mass is 32.2. The molecule has 32 heavy (non-hydrogen) atoms. The van der Waals surface area contributed by atoms with E-state index >= 15 is 0 Å². The second kappa shape index (κ2) is 9.53. The van der Waals surface area contributed by atoms with Gasteiger partial charge >= 0.3 is 0 Å². The minimum Gasteiger partial charge on any atom is -0.285 e. The molecule has 0 aliphatic rings. The van der Waals surface area contributed by atoms with Gasteiger partial charge in [-0.15, -0.1) is 0 Å². The molecule has 2 aromatic carbocycles. The zero-order chi connectivity index (χ0) is 23.5. The summed E-state index contributed by atoms with van der Waals surface area (Å²) in [4.78, 5) is 0.694. The van der Waals surface area contributed by atoms with Gasteiger partial charge in [-0.1, -0.05) is 52.8 Å². The molecule has 0 aliphatic carbocycles. The third-order valence-corrected chi connectivity index (χ3v) is 6.08. The van der Waals surface area contributed by atoms with E-state index in [4.69, 9.17) is 0 Å². The fraction of sp³-hybridized carbons (Fsp3) is 0.280. The zero-order valence-corrected chi connectivity index (χ0v) is 20.3. The van der Waals surface area contributed by atoms with E-state index in [0.717, 1.165) is 21.5 Å². The van der Waals surface area contributed by atoms with E-state index in [1.165, 1.54) is 5.56 Å². The Balaban J connectivity index is 0.00000141. The molecule has 2 N–H and O–H groups in total. The summed E-state index contributed by atoms with van der Waals surface area (Å²) < 4.78 is 18.9. The minimum absolute atomic E-state index is 0.0428. The van der Waals surface area contributed by atoms with Crippen LogP contribution in [0.5, 0.6) is 0 Å². The number of anilines is 1. The van der Waals surface area contributed by atoms with Gasteiger partial charge in [0.2, 0.25) is 6.20 Å². The fourth-order valence-corrected chi connectivity index (χ4v) is 4.22. The van der Waals surface area contributed by atoms with E-state index in [1.54, 1.807) is 16.9 Å². The average molecular weight is 452 g/mol. The average Bonchev–Trinajstić information content (AvgIpc) is 3.14. The largest absolute Gasteiger partial charge is 0.285 e. The van der Waals surface area contributed by atoms with Crippen molar-refractivity contribution >= 4 is 27.7 Å². The summed E-state index contributed by atoms with van der Waals surface area (Å²) in [5.41, 5.74) is 3.47. The van der Waals surface area contributed by atoms with Gasteiger partial charge in [0.15, 0.2) is 11.0 Å². The van der Waals surface area contributed by atoms with E-state index < -0.39 is 11.0 Å². The number of pyridine rings is 1. The molecule has 4 rings (SSSR count). The van der Waals surface area contributed by atoms with Crippen molar-refractivity contribution in [2.45, 2.75) is 51.9 Å². The molecule has 0 radical (unpaired) electrons. The molecule has 0 fully saturated rings. The lowest BCUT2D eigenvalue weighted by molar-refractivity contribution is -0.884. The first-order valence-electron chi connectivity index (χ1n) is 10.7. The maximum Gasteiger partial charge on any atom is 0.266 e. The summed E-state index contributed by atoms with van der Waals surface area (Å²) in [6.07, 6.45) is 1.58. The van der Waals surface area contributed by atoms with Crippen LogP contribution < -0.4 is 9.45 Å². The molecule has 0 amide bonds. The lowest BCUT2D eigenvalue weighted by Crippen LogP contribution is -2.30. The van der Waals surface area contributed by atoms with Gasteiger partial charge in [-0.3, -0.25) is 9.93 Å². The molecule has 0 saturated heterocycles. The lowest BCUT2D eigenvalue weighted by atomic mass is 9.87. The van der Waals surface area contributed by atoms with Crippen molar-refractivity contribution in [1.82, 2.24) is 9.78 Å². The summed E-state index contributed by atoms with van der Waals surface area (Å²) in [5.74, 6) is 0.617. The molecule has 4 aromatic rings. The van der Waals surface area contributed by atoms with Gasteiger partial charge in [0, 0.05) is 22.9 Å².